The van der Waals surface area contributed by atoms with E-state index in [4.69, 9.17) is 9.05 Å². The molecule has 0 bridgehead atoms. The fourth-order valence-corrected chi connectivity index (χ4v) is 4.02. The van der Waals surface area contributed by atoms with Crippen LogP contribution in [0.15, 0.2) is 0 Å². The van der Waals surface area contributed by atoms with Gasteiger partial charge >= 0.3 is 7.82 Å². The minimum atomic E-state index is -3.84. The molecular weight excluding hydrogens is 359 g/mol. The summed E-state index contributed by atoms with van der Waals surface area (Å²) in [4.78, 5) is 9.67. The summed E-state index contributed by atoms with van der Waals surface area (Å²) in [6.45, 7) is 5.11. The third-order valence-corrected chi connectivity index (χ3v) is 6.02. The summed E-state index contributed by atoms with van der Waals surface area (Å²) < 4.78 is 21.9. The van der Waals surface area contributed by atoms with Gasteiger partial charge in [0.05, 0.1) is 13.2 Å². The summed E-state index contributed by atoms with van der Waals surface area (Å²) in [7, 11) is -3.84. The maximum Gasteiger partial charge on any atom is 0.472 e. The molecule has 1 unspecified atom stereocenters. The van der Waals surface area contributed by atoms with Crippen molar-refractivity contribution >= 4 is 7.82 Å². The predicted molar refractivity (Wildman–Crippen MR) is 116 cm³/mol. The number of phosphoric ester groups is 1. The minimum absolute atomic E-state index is 0.320. The van der Waals surface area contributed by atoms with Crippen molar-refractivity contribution < 1.29 is 18.5 Å². The highest BCUT2D eigenvalue weighted by Crippen LogP contribution is 2.43. The van der Waals surface area contributed by atoms with Gasteiger partial charge in [0.25, 0.3) is 0 Å². The molecular formula is C22H47O4P. The van der Waals surface area contributed by atoms with Gasteiger partial charge in [0.1, 0.15) is 0 Å². The van der Waals surface area contributed by atoms with Crippen LogP contribution in [0, 0.1) is 0 Å². The van der Waals surface area contributed by atoms with Crippen molar-refractivity contribution in [2.45, 2.75) is 129 Å². The van der Waals surface area contributed by atoms with Crippen LogP contribution < -0.4 is 0 Å². The highest BCUT2D eigenvalue weighted by atomic mass is 31.2. The van der Waals surface area contributed by atoms with Crippen LogP contribution in [-0.2, 0) is 13.6 Å². The molecule has 0 aliphatic rings. The molecule has 0 aliphatic heterocycles. The molecule has 0 heterocycles. The monoisotopic (exact) mass is 406 g/mol. The Kier molecular flexibility index (Phi) is 20.9. The topological polar surface area (TPSA) is 55.8 Å². The van der Waals surface area contributed by atoms with Crippen LogP contribution in [0.4, 0.5) is 0 Å². The zero-order valence-corrected chi connectivity index (χ0v) is 19.2. The van der Waals surface area contributed by atoms with E-state index in [1.54, 1.807) is 0 Å². The van der Waals surface area contributed by atoms with Crippen molar-refractivity contribution in [1.29, 1.82) is 0 Å². The van der Waals surface area contributed by atoms with Gasteiger partial charge in [0, 0.05) is 0 Å². The van der Waals surface area contributed by atoms with Gasteiger partial charge in [-0.25, -0.2) is 4.57 Å². The van der Waals surface area contributed by atoms with Gasteiger partial charge in [-0.3, -0.25) is 9.05 Å². The Morgan fingerprint density at radius 3 is 1.07 bits per heavy atom. The zero-order chi connectivity index (χ0) is 20.1. The lowest BCUT2D eigenvalue weighted by Gasteiger charge is -2.12. The van der Waals surface area contributed by atoms with Crippen molar-refractivity contribution in [3.8, 4) is 0 Å². The van der Waals surface area contributed by atoms with E-state index in [1.165, 1.54) is 89.9 Å². The zero-order valence-electron chi connectivity index (χ0n) is 18.3. The molecule has 0 aromatic heterocycles. The fourth-order valence-electron chi connectivity index (χ4n) is 3.22. The van der Waals surface area contributed by atoms with Gasteiger partial charge in [-0.05, 0) is 12.8 Å². The van der Waals surface area contributed by atoms with Crippen molar-refractivity contribution in [3.63, 3.8) is 0 Å². The number of rotatable bonds is 22. The Morgan fingerprint density at radius 2 is 0.778 bits per heavy atom. The molecule has 0 fully saturated rings. The van der Waals surface area contributed by atoms with Crippen LogP contribution in [0.3, 0.4) is 0 Å². The van der Waals surface area contributed by atoms with Crippen molar-refractivity contribution in [1.82, 2.24) is 0 Å². The van der Waals surface area contributed by atoms with Crippen LogP contribution in [0.5, 0.6) is 0 Å². The van der Waals surface area contributed by atoms with Gasteiger partial charge < -0.3 is 4.89 Å². The van der Waals surface area contributed by atoms with E-state index in [2.05, 4.69) is 13.8 Å². The van der Waals surface area contributed by atoms with Gasteiger partial charge in [-0.15, -0.1) is 0 Å². The van der Waals surface area contributed by atoms with E-state index in [9.17, 15) is 9.46 Å². The van der Waals surface area contributed by atoms with E-state index in [0.717, 1.165) is 25.7 Å². The second-order valence-corrected chi connectivity index (χ2v) is 9.25. The third kappa shape index (κ3) is 22.3. The maximum atomic E-state index is 11.8. The highest BCUT2D eigenvalue weighted by molar-refractivity contribution is 7.47. The lowest BCUT2D eigenvalue weighted by molar-refractivity contribution is 0.145. The molecule has 0 aliphatic carbocycles. The van der Waals surface area contributed by atoms with Crippen molar-refractivity contribution in [3.05, 3.63) is 0 Å². The normalized spacial score (nSPS) is 13.7. The summed E-state index contributed by atoms with van der Waals surface area (Å²) in [6, 6.07) is 0. The quantitative estimate of drug-likeness (QED) is 0.145. The summed E-state index contributed by atoms with van der Waals surface area (Å²) in [5.41, 5.74) is 0. The molecule has 0 radical (unpaired) electrons. The van der Waals surface area contributed by atoms with Crippen LogP contribution >= 0.6 is 7.82 Å². The Balaban J connectivity index is 3.32. The third-order valence-electron chi connectivity index (χ3n) is 5.00. The summed E-state index contributed by atoms with van der Waals surface area (Å²) >= 11 is 0. The average Bonchev–Trinajstić information content (AvgIpc) is 2.64. The first kappa shape index (κ1) is 27.1. The van der Waals surface area contributed by atoms with Crippen LogP contribution in [0.1, 0.15) is 129 Å². The molecule has 0 saturated carbocycles. The molecule has 1 atom stereocenters. The molecule has 5 heteroatoms. The highest BCUT2D eigenvalue weighted by Gasteiger charge is 2.19. The van der Waals surface area contributed by atoms with Crippen LogP contribution in [-0.4, -0.2) is 18.1 Å². The Labute approximate surface area is 169 Å². The first-order valence-electron chi connectivity index (χ1n) is 11.7. The Morgan fingerprint density at radius 1 is 0.519 bits per heavy atom. The molecule has 164 valence electrons. The van der Waals surface area contributed by atoms with Crippen molar-refractivity contribution in [2.24, 2.45) is 0 Å². The predicted octanol–water partition coefficient (Wildman–Crippen LogP) is 8.18. The molecule has 4 nitrogen and oxygen atoms in total. The molecule has 0 saturated heterocycles. The second-order valence-electron chi connectivity index (χ2n) is 7.79. The number of phosphoric acid groups is 1. The number of hydrogen-bond acceptors (Lipinski definition) is 3. The first-order chi connectivity index (χ1) is 13.1. The lowest BCUT2D eigenvalue weighted by atomic mass is 10.1. The Hall–Kier alpha value is 0.110. The summed E-state index contributed by atoms with van der Waals surface area (Å²) in [5.74, 6) is 0. The van der Waals surface area contributed by atoms with E-state index < -0.39 is 7.82 Å². The smallest absolute Gasteiger partial charge is 0.302 e. The van der Waals surface area contributed by atoms with Gasteiger partial charge in [0.2, 0.25) is 0 Å². The summed E-state index contributed by atoms with van der Waals surface area (Å²) in [6.07, 6.45) is 22.0. The first-order valence-corrected chi connectivity index (χ1v) is 13.2. The molecule has 0 aromatic rings. The maximum absolute atomic E-state index is 11.8. The van der Waals surface area contributed by atoms with Crippen molar-refractivity contribution in [2.75, 3.05) is 13.2 Å². The van der Waals surface area contributed by atoms with Crippen LogP contribution in [0.25, 0.3) is 0 Å². The largest absolute Gasteiger partial charge is 0.472 e. The van der Waals surface area contributed by atoms with E-state index in [0.29, 0.717) is 13.2 Å². The molecule has 0 aromatic carbocycles. The Bertz CT molecular complexity index is 336. The second kappa shape index (κ2) is 20.8. The fraction of sp³-hybridized carbons (Fsp3) is 1.00. The van der Waals surface area contributed by atoms with Gasteiger partial charge in [0.15, 0.2) is 0 Å². The molecule has 1 N–H and O–H groups in total. The van der Waals surface area contributed by atoms with E-state index in [-0.39, 0.29) is 0 Å². The van der Waals surface area contributed by atoms with Crippen LogP contribution in [0.2, 0.25) is 0 Å². The van der Waals surface area contributed by atoms with E-state index >= 15 is 0 Å². The van der Waals surface area contributed by atoms with E-state index in [1.807, 2.05) is 0 Å². The molecule has 27 heavy (non-hydrogen) atoms. The molecule has 0 spiro atoms. The van der Waals surface area contributed by atoms with Gasteiger partial charge in [-0.1, -0.05) is 117 Å². The average molecular weight is 407 g/mol. The standard InChI is InChI=1S/C22H47O4P/c1-3-5-7-9-11-13-14-16-18-20-22-26-27(23,24)25-21-19-17-15-12-10-8-6-4-2/h3-22H2,1-2H3,(H,23,24). The summed E-state index contributed by atoms with van der Waals surface area (Å²) in [5, 5.41) is 0. The number of unbranched alkanes of at least 4 members (excludes halogenated alkanes) is 16. The number of hydrogen-bond donors (Lipinski definition) is 1. The molecule has 0 amide bonds. The van der Waals surface area contributed by atoms with Gasteiger partial charge in [-0.2, -0.15) is 0 Å². The minimum Gasteiger partial charge on any atom is -0.302 e. The molecule has 0 rings (SSSR count). The lowest BCUT2D eigenvalue weighted by Crippen LogP contribution is -1.99. The SMILES string of the molecule is CCCCCCCCCCCCOP(=O)(O)OCCCCCCCCCC.